The van der Waals surface area contributed by atoms with Crippen LogP contribution in [0.15, 0.2) is 6.33 Å². The molecule has 0 N–H and O–H groups in total. The van der Waals surface area contributed by atoms with Crippen molar-refractivity contribution < 1.29 is 37.7 Å². The Kier molecular flexibility index (Phi) is 12.1. The van der Waals surface area contributed by atoms with Crippen molar-refractivity contribution in [1.29, 1.82) is 0 Å². The van der Waals surface area contributed by atoms with Gasteiger partial charge in [-0.05, 0) is 31.9 Å². The van der Waals surface area contributed by atoms with Crippen LogP contribution in [0.5, 0.6) is 5.88 Å². The first kappa shape index (κ1) is 28.7. The molecule has 35 heavy (non-hydrogen) atoms. The zero-order valence-electron chi connectivity index (χ0n) is 20.4. The van der Waals surface area contributed by atoms with Crippen molar-refractivity contribution in [2.45, 2.75) is 65.0 Å². The van der Waals surface area contributed by atoms with E-state index in [1.807, 2.05) is 0 Å². The highest BCUT2D eigenvalue weighted by atomic mass is 35.5. The van der Waals surface area contributed by atoms with Crippen molar-refractivity contribution >= 4 is 34.7 Å². The van der Waals surface area contributed by atoms with Crippen molar-refractivity contribution in [3.8, 4) is 5.88 Å². The van der Waals surface area contributed by atoms with E-state index in [2.05, 4.69) is 21.9 Å². The van der Waals surface area contributed by atoms with Crippen LogP contribution in [0, 0.1) is 0 Å². The molecule has 11 nitrogen and oxygen atoms in total. The number of methoxy groups -OCH3 is 1. The molecule has 2 aromatic rings. The maximum atomic E-state index is 15.3. The Hall–Kier alpha value is -2.57. The maximum Gasteiger partial charge on any atom is 0.347 e. The van der Waals surface area contributed by atoms with Crippen LogP contribution in [0.3, 0.4) is 0 Å². The molecule has 0 amide bonds. The van der Waals surface area contributed by atoms with Crippen LogP contribution in [0.2, 0.25) is 5.28 Å². The van der Waals surface area contributed by atoms with E-state index in [1.165, 1.54) is 18.0 Å². The molecule has 0 radical (unpaired) electrons. The molecule has 0 aliphatic rings. The number of carbonyl (C=O) groups excluding carboxylic acids is 2. The second-order valence-corrected chi connectivity index (χ2v) is 7.76. The predicted molar refractivity (Wildman–Crippen MR) is 124 cm³/mol. The lowest BCUT2D eigenvalue weighted by molar-refractivity contribution is -0.175. The zero-order valence-corrected chi connectivity index (χ0v) is 21.1. The number of hydrogen-bond acceptors (Lipinski definition) is 10. The van der Waals surface area contributed by atoms with Crippen LogP contribution >= 0.6 is 11.6 Å². The van der Waals surface area contributed by atoms with Crippen molar-refractivity contribution in [1.82, 2.24) is 19.5 Å². The Bertz CT molecular complexity index is 943. The number of alkyl halides is 1. The van der Waals surface area contributed by atoms with E-state index in [0.29, 0.717) is 6.61 Å². The SMILES string of the molecule is CCCCCOc1nc(Cl)nc2c1ncn2C(F)CC(COC(C(=O)OCC)C(=O)OCC)OC. The van der Waals surface area contributed by atoms with E-state index < -0.39 is 30.4 Å². The molecule has 13 heteroatoms. The number of esters is 2. The number of ether oxygens (including phenoxy) is 5. The van der Waals surface area contributed by atoms with Crippen LogP contribution < -0.4 is 4.74 Å². The van der Waals surface area contributed by atoms with Gasteiger partial charge in [-0.3, -0.25) is 4.57 Å². The van der Waals surface area contributed by atoms with Crippen LogP contribution in [0.25, 0.3) is 11.2 Å². The number of nitrogens with zero attached hydrogens (tertiary/aromatic N) is 4. The molecule has 0 aromatic carbocycles. The Balaban J connectivity index is 2.11. The molecular weight excluding hydrogens is 487 g/mol. The van der Waals surface area contributed by atoms with Crippen LogP contribution in [-0.4, -0.2) is 77.2 Å². The van der Waals surface area contributed by atoms with Crippen LogP contribution in [0.4, 0.5) is 4.39 Å². The van der Waals surface area contributed by atoms with Gasteiger partial charge in [0.1, 0.15) is 0 Å². The average molecular weight is 519 g/mol. The minimum Gasteiger partial charge on any atom is -0.476 e. The van der Waals surface area contributed by atoms with E-state index in [4.69, 9.17) is 35.3 Å². The fourth-order valence-corrected chi connectivity index (χ4v) is 3.28. The van der Waals surface area contributed by atoms with E-state index >= 15 is 4.39 Å². The number of fused-ring (bicyclic) bond motifs is 1. The van der Waals surface area contributed by atoms with Crippen molar-refractivity contribution in [3.63, 3.8) is 0 Å². The lowest BCUT2D eigenvalue weighted by Crippen LogP contribution is -2.38. The molecule has 0 fully saturated rings. The van der Waals surface area contributed by atoms with Crippen LogP contribution in [0.1, 0.15) is 52.8 Å². The molecule has 0 aliphatic carbocycles. The molecule has 2 heterocycles. The lowest BCUT2D eigenvalue weighted by Gasteiger charge is -2.21. The van der Waals surface area contributed by atoms with Gasteiger partial charge in [0, 0.05) is 13.5 Å². The zero-order chi connectivity index (χ0) is 25.8. The summed E-state index contributed by atoms with van der Waals surface area (Å²) >= 11 is 6.03. The highest BCUT2D eigenvalue weighted by Gasteiger charge is 2.32. The predicted octanol–water partition coefficient (Wildman–Crippen LogP) is 3.43. The van der Waals surface area contributed by atoms with Crippen molar-refractivity contribution in [3.05, 3.63) is 11.6 Å². The molecule has 0 saturated heterocycles. The third-order valence-electron chi connectivity index (χ3n) is 4.89. The van der Waals surface area contributed by atoms with Gasteiger partial charge in [-0.25, -0.2) is 19.0 Å². The average Bonchev–Trinajstić information content (AvgIpc) is 3.25. The van der Waals surface area contributed by atoms with Gasteiger partial charge < -0.3 is 23.7 Å². The smallest absolute Gasteiger partial charge is 0.347 e. The monoisotopic (exact) mass is 518 g/mol. The van der Waals surface area contributed by atoms with Gasteiger partial charge in [-0.15, -0.1) is 0 Å². The molecular formula is C22H32ClFN4O7. The Morgan fingerprint density at radius 2 is 1.80 bits per heavy atom. The fraction of sp³-hybridized carbons (Fsp3) is 0.682. The number of imidazole rings is 1. The molecule has 2 rings (SSSR count). The van der Waals surface area contributed by atoms with Gasteiger partial charge in [-0.2, -0.15) is 9.97 Å². The molecule has 196 valence electrons. The summed E-state index contributed by atoms with van der Waals surface area (Å²) < 4.78 is 42.6. The minimum atomic E-state index is -1.64. The van der Waals surface area contributed by atoms with Gasteiger partial charge >= 0.3 is 11.9 Å². The standard InChI is InChI=1S/C22H32ClFN4O7/c1-5-8-9-10-34-19-16-18(26-22(23)27-19)28(13-25-16)15(24)11-14(31-4)12-35-17(20(29)32-6-2)21(30)33-7-3/h13-15,17H,5-12H2,1-4H3. The Morgan fingerprint density at radius 1 is 1.11 bits per heavy atom. The summed E-state index contributed by atoms with van der Waals surface area (Å²) in [6.07, 6.45) is -0.129. The summed E-state index contributed by atoms with van der Waals surface area (Å²) in [6.45, 7) is 5.54. The Morgan fingerprint density at radius 3 is 2.40 bits per heavy atom. The third kappa shape index (κ3) is 8.25. The quantitative estimate of drug-likeness (QED) is 0.141. The van der Waals surface area contributed by atoms with Crippen molar-refractivity contribution in [2.75, 3.05) is 33.5 Å². The molecule has 0 spiro atoms. The number of hydrogen-bond donors (Lipinski definition) is 0. The highest BCUT2D eigenvalue weighted by Crippen LogP contribution is 2.28. The Labute approximate surface area is 208 Å². The van der Waals surface area contributed by atoms with Gasteiger partial charge in [0.25, 0.3) is 6.10 Å². The summed E-state index contributed by atoms with van der Waals surface area (Å²) in [4.78, 5) is 36.5. The summed E-state index contributed by atoms with van der Waals surface area (Å²) in [5.74, 6) is -1.60. The molecule has 0 saturated carbocycles. The van der Waals surface area contributed by atoms with E-state index in [-0.39, 0.29) is 48.6 Å². The largest absolute Gasteiger partial charge is 0.476 e. The number of rotatable bonds is 16. The molecule has 0 aliphatic heterocycles. The van der Waals surface area contributed by atoms with Gasteiger partial charge in [0.05, 0.1) is 38.9 Å². The second kappa shape index (κ2) is 14.7. The van der Waals surface area contributed by atoms with Gasteiger partial charge in [0.2, 0.25) is 11.2 Å². The molecule has 2 unspecified atom stereocenters. The number of aromatic nitrogens is 4. The number of carbonyl (C=O) groups is 2. The first-order chi connectivity index (χ1) is 16.9. The molecule has 0 bridgehead atoms. The minimum absolute atomic E-state index is 0.0563. The first-order valence-corrected chi connectivity index (χ1v) is 11.9. The van der Waals surface area contributed by atoms with Gasteiger partial charge in [-0.1, -0.05) is 19.8 Å². The normalized spacial score (nSPS) is 13.1. The summed E-state index contributed by atoms with van der Waals surface area (Å²) in [5.41, 5.74) is 0.443. The fourth-order valence-electron chi connectivity index (χ4n) is 3.13. The van der Waals surface area contributed by atoms with E-state index in [0.717, 1.165) is 19.3 Å². The highest BCUT2D eigenvalue weighted by molar-refractivity contribution is 6.28. The summed E-state index contributed by atoms with van der Waals surface area (Å²) in [7, 11) is 1.36. The second-order valence-electron chi connectivity index (χ2n) is 7.42. The maximum absolute atomic E-state index is 15.3. The van der Waals surface area contributed by atoms with E-state index in [9.17, 15) is 9.59 Å². The van der Waals surface area contributed by atoms with Crippen molar-refractivity contribution in [2.24, 2.45) is 0 Å². The summed E-state index contributed by atoms with van der Waals surface area (Å²) in [6, 6.07) is 0. The lowest BCUT2D eigenvalue weighted by atomic mass is 10.2. The topological polar surface area (TPSA) is 124 Å². The molecule has 2 atom stereocenters. The van der Waals surface area contributed by atoms with E-state index in [1.54, 1.807) is 13.8 Å². The number of halogens is 2. The molecule has 2 aromatic heterocycles. The van der Waals surface area contributed by atoms with Gasteiger partial charge in [0.15, 0.2) is 17.5 Å². The number of unbranched alkanes of at least 4 members (excludes halogenated alkanes) is 2. The summed E-state index contributed by atoms with van der Waals surface area (Å²) in [5, 5.41) is -0.102. The van der Waals surface area contributed by atoms with Crippen LogP contribution in [-0.2, 0) is 28.5 Å². The third-order valence-corrected chi connectivity index (χ3v) is 5.06. The first-order valence-electron chi connectivity index (χ1n) is 11.5.